The lowest BCUT2D eigenvalue weighted by molar-refractivity contribution is 0.102. The van der Waals surface area contributed by atoms with Gasteiger partial charge in [0.1, 0.15) is 17.5 Å². The van der Waals surface area contributed by atoms with E-state index < -0.39 is 15.9 Å². The zero-order chi connectivity index (χ0) is 20.3. The fraction of sp³-hybridized carbons (Fsp3) is 0.353. The van der Waals surface area contributed by atoms with Crippen molar-refractivity contribution in [1.82, 2.24) is 14.5 Å². The summed E-state index contributed by atoms with van der Waals surface area (Å²) in [5.41, 5.74) is 0.363. The molecule has 1 amide bonds. The molecule has 0 aliphatic carbocycles. The highest BCUT2D eigenvalue weighted by atomic mass is 32.2. The Bertz CT molecular complexity index is 1020. The number of benzene rings is 1. The van der Waals surface area contributed by atoms with Crippen molar-refractivity contribution in [3.05, 3.63) is 35.4 Å². The number of sulfonamides is 1. The molecule has 2 heterocycles. The van der Waals surface area contributed by atoms with Crippen molar-refractivity contribution in [2.45, 2.75) is 4.90 Å². The molecule has 11 heteroatoms. The third-order valence-corrected chi connectivity index (χ3v) is 6.09. The fourth-order valence-electron chi connectivity index (χ4n) is 2.73. The predicted octanol–water partition coefficient (Wildman–Crippen LogP) is 0.621. The van der Waals surface area contributed by atoms with Crippen molar-refractivity contribution in [1.29, 1.82) is 5.26 Å². The van der Waals surface area contributed by atoms with Gasteiger partial charge in [-0.25, -0.2) is 12.7 Å². The van der Waals surface area contributed by atoms with E-state index in [1.54, 1.807) is 0 Å². The molecule has 0 saturated carbocycles. The second-order valence-electron chi connectivity index (χ2n) is 6.28. The first-order valence-corrected chi connectivity index (χ1v) is 9.93. The average Bonchev–Trinajstić information content (AvgIpc) is 3.11. The van der Waals surface area contributed by atoms with E-state index in [0.717, 1.165) is 4.31 Å². The molecule has 2 N–H and O–H groups in total. The Kier molecular flexibility index (Phi) is 5.64. The summed E-state index contributed by atoms with van der Waals surface area (Å²) in [5, 5.41) is 18.9. The Balaban J connectivity index is 1.84. The van der Waals surface area contributed by atoms with E-state index in [1.165, 1.54) is 38.4 Å². The van der Waals surface area contributed by atoms with E-state index in [0.29, 0.717) is 32.1 Å². The number of anilines is 2. The van der Waals surface area contributed by atoms with Gasteiger partial charge in [-0.1, -0.05) is 6.07 Å². The monoisotopic (exact) mass is 404 g/mol. The Hall–Kier alpha value is -2.94. The first-order chi connectivity index (χ1) is 13.3. The van der Waals surface area contributed by atoms with Gasteiger partial charge < -0.3 is 15.0 Å². The molecule has 148 valence electrons. The molecule has 0 unspecified atom stereocenters. The number of carbonyl (C=O) groups excluding carboxylic acids is 1. The lowest BCUT2D eigenvalue weighted by atomic mass is 10.2. The minimum atomic E-state index is -3.67. The van der Waals surface area contributed by atoms with E-state index in [1.807, 2.05) is 4.90 Å². The number of amides is 1. The van der Waals surface area contributed by atoms with Gasteiger partial charge >= 0.3 is 0 Å². The van der Waals surface area contributed by atoms with Crippen LogP contribution in [0, 0.1) is 11.3 Å². The molecule has 0 radical (unpaired) electrons. The van der Waals surface area contributed by atoms with Crippen molar-refractivity contribution in [3.8, 4) is 6.07 Å². The number of ether oxygens (including phenoxy) is 1. The molecule has 1 aromatic carbocycles. The van der Waals surface area contributed by atoms with Gasteiger partial charge in [0.2, 0.25) is 10.0 Å². The van der Waals surface area contributed by atoms with Crippen LogP contribution in [0.15, 0.2) is 29.2 Å². The van der Waals surface area contributed by atoms with Crippen molar-refractivity contribution >= 4 is 27.6 Å². The highest BCUT2D eigenvalue weighted by Gasteiger charge is 2.23. The third-order valence-electron chi connectivity index (χ3n) is 4.28. The van der Waals surface area contributed by atoms with Gasteiger partial charge in [-0.05, 0) is 18.2 Å². The van der Waals surface area contributed by atoms with Crippen LogP contribution in [0.5, 0.6) is 0 Å². The van der Waals surface area contributed by atoms with E-state index in [2.05, 4.69) is 21.6 Å². The van der Waals surface area contributed by atoms with Crippen molar-refractivity contribution in [3.63, 3.8) is 0 Å². The third kappa shape index (κ3) is 3.84. The van der Waals surface area contributed by atoms with Crippen LogP contribution >= 0.6 is 0 Å². The van der Waals surface area contributed by atoms with E-state index in [4.69, 9.17) is 4.74 Å². The Labute approximate surface area is 162 Å². The SMILES string of the molecule is CN(C)S(=O)(=O)c1cccc(C(=O)Nc2[nH]nc(N3CCOCC3)c2C#N)c1. The lowest BCUT2D eigenvalue weighted by Gasteiger charge is -2.26. The topological polar surface area (TPSA) is 131 Å². The number of rotatable bonds is 5. The zero-order valence-corrected chi connectivity index (χ0v) is 16.3. The van der Waals surface area contributed by atoms with Crippen LogP contribution in [0.4, 0.5) is 11.6 Å². The predicted molar refractivity (Wildman–Crippen MR) is 102 cm³/mol. The molecule has 2 aromatic rings. The summed E-state index contributed by atoms with van der Waals surface area (Å²) in [7, 11) is -0.835. The summed E-state index contributed by atoms with van der Waals surface area (Å²) in [4.78, 5) is 14.5. The maximum absolute atomic E-state index is 12.6. The number of morpholine rings is 1. The number of hydrogen-bond acceptors (Lipinski definition) is 7. The van der Waals surface area contributed by atoms with Crippen LogP contribution in [0.25, 0.3) is 0 Å². The number of carbonyl (C=O) groups is 1. The summed E-state index contributed by atoms with van der Waals surface area (Å²) in [6.07, 6.45) is 0. The van der Waals surface area contributed by atoms with Crippen LogP contribution in [-0.4, -0.2) is 69.2 Å². The van der Waals surface area contributed by atoms with Gasteiger partial charge in [-0.3, -0.25) is 9.89 Å². The first kappa shape index (κ1) is 19.8. The molecular formula is C17H20N6O4S. The van der Waals surface area contributed by atoms with Crippen LogP contribution in [-0.2, 0) is 14.8 Å². The summed E-state index contributed by atoms with van der Waals surface area (Å²) in [6.45, 7) is 2.26. The number of H-pyrrole nitrogens is 1. The van der Waals surface area contributed by atoms with Gasteiger partial charge in [-0.2, -0.15) is 10.4 Å². The molecular weight excluding hydrogens is 384 g/mol. The van der Waals surface area contributed by atoms with Crippen molar-refractivity contribution in [2.75, 3.05) is 50.6 Å². The molecule has 0 spiro atoms. The minimum absolute atomic E-state index is 0.00396. The van der Waals surface area contributed by atoms with Crippen molar-refractivity contribution in [2.24, 2.45) is 0 Å². The van der Waals surface area contributed by atoms with Crippen LogP contribution in [0.1, 0.15) is 15.9 Å². The van der Waals surface area contributed by atoms with E-state index in [-0.39, 0.29) is 21.8 Å². The Morgan fingerprint density at radius 3 is 2.71 bits per heavy atom. The first-order valence-electron chi connectivity index (χ1n) is 8.49. The quantitative estimate of drug-likeness (QED) is 0.747. The number of nitrogens with one attached hydrogen (secondary N) is 2. The molecule has 3 rings (SSSR count). The Morgan fingerprint density at radius 2 is 2.07 bits per heavy atom. The van der Waals surface area contributed by atoms with Gasteiger partial charge in [0.05, 0.1) is 18.1 Å². The largest absolute Gasteiger partial charge is 0.378 e. The molecule has 28 heavy (non-hydrogen) atoms. The van der Waals surface area contributed by atoms with Gasteiger partial charge in [0.25, 0.3) is 5.91 Å². The number of hydrogen-bond donors (Lipinski definition) is 2. The highest BCUT2D eigenvalue weighted by molar-refractivity contribution is 7.89. The van der Waals surface area contributed by atoms with E-state index >= 15 is 0 Å². The maximum Gasteiger partial charge on any atom is 0.256 e. The van der Waals surface area contributed by atoms with E-state index in [9.17, 15) is 18.5 Å². The molecule has 1 aromatic heterocycles. The molecule has 1 aliphatic heterocycles. The molecule has 1 aliphatic rings. The number of nitriles is 1. The number of nitrogens with zero attached hydrogens (tertiary/aromatic N) is 4. The number of aromatic nitrogens is 2. The lowest BCUT2D eigenvalue weighted by Crippen LogP contribution is -2.36. The molecule has 1 saturated heterocycles. The average molecular weight is 404 g/mol. The van der Waals surface area contributed by atoms with Gasteiger partial charge in [-0.15, -0.1) is 0 Å². The van der Waals surface area contributed by atoms with Crippen LogP contribution < -0.4 is 10.2 Å². The summed E-state index contributed by atoms with van der Waals surface area (Å²) in [6, 6.07) is 7.74. The maximum atomic E-state index is 12.6. The normalized spacial score (nSPS) is 14.7. The second kappa shape index (κ2) is 7.97. The van der Waals surface area contributed by atoms with Gasteiger partial charge in [0.15, 0.2) is 5.82 Å². The molecule has 10 nitrogen and oxygen atoms in total. The molecule has 1 fully saturated rings. The van der Waals surface area contributed by atoms with Crippen LogP contribution in [0.3, 0.4) is 0 Å². The summed E-state index contributed by atoms with van der Waals surface area (Å²) >= 11 is 0. The number of aromatic amines is 1. The summed E-state index contributed by atoms with van der Waals surface area (Å²) < 4.78 is 30.9. The molecule has 0 atom stereocenters. The summed E-state index contributed by atoms with van der Waals surface area (Å²) in [5.74, 6) is 0.0596. The fourth-order valence-corrected chi connectivity index (χ4v) is 3.68. The smallest absolute Gasteiger partial charge is 0.256 e. The molecule has 0 bridgehead atoms. The Morgan fingerprint density at radius 1 is 1.36 bits per heavy atom. The second-order valence-corrected chi connectivity index (χ2v) is 8.43. The standard InChI is InChI=1S/C17H20N6O4S/c1-22(2)28(25,26)13-5-3-4-12(10-13)17(24)19-15-14(11-18)16(21-20-15)23-6-8-27-9-7-23/h3-5,10H,6-9H2,1-2H3,(H2,19,20,21,24). The highest BCUT2D eigenvalue weighted by Crippen LogP contribution is 2.25. The van der Waals surface area contributed by atoms with Gasteiger partial charge in [0, 0.05) is 32.7 Å². The minimum Gasteiger partial charge on any atom is -0.378 e. The van der Waals surface area contributed by atoms with Crippen molar-refractivity contribution < 1.29 is 17.9 Å². The zero-order valence-electron chi connectivity index (χ0n) is 15.5. The van der Waals surface area contributed by atoms with Crippen LogP contribution in [0.2, 0.25) is 0 Å².